The minimum Gasteiger partial charge on any atom is -0.252 e. The summed E-state index contributed by atoms with van der Waals surface area (Å²) in [6, 6.07) is 18.2. The predicted octanol–water partition coefficient (Wildman–Crippen LogP) is 3.99. The van der Waals surface area contributed by atoms with Gasteiger partial charge in [0.25, 0.3) is 0 Å². The van der Waals surface area contributed by atoms with Crippen molar-refractivity contribution in [3.05, 3.63) is 66.5 Å². The van der Waals surface area contributed by atoms with E-state index >= 15 is 0 Å². The van der Waals surface area contributed by atoms with Crippen molar-refractivity contribution in [3.8, 4) is 34.9 Å². The van der Waals surface area contributed by atoms with E-state index in [1.165, 1.54) is 12.1 Å². The number of terminal acetylenes is 1. The Hall–Kier alpha value is -2.86. The summed E-state index contributed by atoms with van der Waals surface area (Å²) < 4.78 is 14.8. The number of halogens is 1. The van der Waals surface area contributed by atoms with E-state index in [0.29, 0.717) is 6.54 Å². The lowest BCUT2D eigenvalue weighted by atomic mass is 10.1. The maximum absolute atomic E-state index is 13.1. The molecule has 0 aliphatic heterocycles. The lowest BCUT2D eigenvalue weighted by Gasteiger charge is -2.03. The smallest absolute Gasteiger partial charge is 0.123 e. The molecule has 0 bridgehead atoms. The quantitative estimate of drug-likeness (QED) is 0.661. The second-order valence-electron chi connectivity index (χ2n) is 4.65. The highest BCUT2D eigenvalue weighted by Crippen LogP contribution is 2.26. The third-order valence-corrected chi connectivity index (χ3v) is 3.23. The summed E-state index contributed by atoms with van der Waals surface area (Å²) in [5.41, 5.74) is 3.65. The molecule has 3 heteroatoms. The van der Waals surface area contributed by atoms with Gasteiger partial charge in [0.05, 0.1) is 11.4 Å². The van der Waals surface area contributed by atoms with Gasteiger partial charge >= 0.3 is 0 Å². The van der Waals surface area contributed by atoms with Gasteiger partial charge in [-0.1, -0.05) is 36.3 Å². The van der Waals surface area contributed by atoms with E-state index in [9.17, 15) is 4.39 Å². The van der Waals surface area contributed by atoms with Crippen LogP contribution in [0.4, 0.5) is 4.39 Å². The predicted molar refractivity (Wildman–Crippen MR) is 81.9 cm³/mol. The van der Waals surface area contributed by atoms with E-state index in [1.807, 2.05) is 36.4 Å². The van der Waals surface area contributed by atoms with Crippen LogP contribution in [0.2, 0.25) is 0 Å². The normalized spacial score (nSPS) is 10.3. The highest BCUT2D eigenvalue weighted by Gasteiger charge is 2.10. The first-order valence-corrected chi connectivity index (χ1v) is 6.60. The number of aromatic nitrogens is 2. The van der Waals surface area contributed by atoms with Crippen LogP contribution < -0.4 is 0 Å². The van der Waals surface area contributed by atoms with E-state index < -0.39 is 0 Å². The second kappa shape index (κ2) is 5.64. The standard InChI is InChI=1S/C18H13FN2/c1-2-12-21-18(15-8-10-16(19)11-9-15)13-17(20-21)14-6-4-3-5-7-14/h1,3-11,13H,12H2. The van der Waals surface area contributed by atoms with Crippen LogP contribution in [0.25, 0.3) is 22.5 Å². The molecule has 0 fully saturated rings. The molecule has 0 saturated heterocycles. The maximum Gasteiger partial charge on any atom is 0.123 e. The zero-order valence-electron chi connectivity index (χ0n) is 11.3. The molecule has 2 nitrogen and oxygen atoms in total. The van der Waals surface area contributed by atoms with Gasteiger partial charge in [0.2, 0.25) is 0 Å². The summed E-state index contributed by atoms with van der Waals surface area (Å²) in [5.74, 6) is 2.34. The maximum atomic E-state index is 13.1. The molecule has 1 heterocycles. The largest absolute Gasteiger partial charge is 0.252 e. The van der Waals surface area contributed by atoms with Crippen molar-refractivity contribution in [2.24, 2.45) is 0 Å². The van der Waals surface area contributed by atoms with Gasteiger partial charge in [0.15, 0.2) is 0 Å². The SMILES string of the molecule is C#CCn1nc(-c2ccccc2)cc1-c1ccc(F)cc1. The van der Waals surface area contributed by atoms with E-state index in [4.69, 9.17) is 6.42 Å². The summed E-state index contributed by atoms with van der Waals surface area (Å²) in [5, 5.41) is 4.55. The summed E-state index contributed by atoms with van der Waals surface area (Å²) >= 11 is 0. The molecule has 102 valence electrons. The lowest BCUT2D eigenvalue weighted by Crippen LogP contribution is -2.00. The molecule has 3 aromatic rings. The number of benzene rings is 2. The van der Waals surface area contributed by atoms with Crippen molar-refractivity contribution < 1.29 is 4.39 Å². The fourth-order valence-corrected chi connectivity index (χ4v) is 2.23. The molecule has 0 unspecified atom stereocenters. The molecule has 2 aromatic carbocycles. The van der Waals surface area contributed by atoms with Crippen LogP contribution in [0.3, 0.4) is 0 Å². The van der Waals surface area contributed by atoms with Crippen LogP contribution in [-0.4, -0.2) is 9.78 Å². The number of hydrogen-bond acceptors (Lipinski definition) is 1. The van der Waals surface area contributed by atoms with Gasteiger partial charge in [-0.3, -0.25) is 4.68 Å². The van der Waals surface area contributed by atoms with Crippen molar-refractivity contribution in [2.75, 3.05) is 0 Å². The van der Waals surface area contributed by atoms with Crippen molar-refractivity contribution in [1.82, 2.24) is 9.78 Å². The molecule has 0 aliphatic rings. The molecular weight excluding hydrogens is 263 g/mol. The first-order chi connectivity index (χ1) is 10.3. The van der Waals surface area contributed by atoms with Gasteiger partial charge in [-0.2, -0.15) is 5.10 Å². The Balaban J connectivity index is 2.09. The van der Waals surface area contributed by atoms with Gasteiger partial charge in [-0.25, -0.2) is 4.39 Å². The number of nitrogens with zero attached hydrogens (tertiary/aromatic N) is 2. The second-order valence-corrected chi connectivity index (χ2v) is 4.65. The van der Waals surface area contributed by atoms with E-state index in [-0.39, 0.29) is 5.82 Å². The van der Waals surface area contributed by atoms with Crippen LogP contribution in [0.1, 0.15) is 0 Å². The molecular formula is C18H13FN2. The summed E-state index contributed by atoms with van der Waals surface area (Å²) in [4.78, 5) is 0. The Kier molecular flexibility index (Phi) is 3.53. The first kappa shape index (κ1) is 13.1. The minimum atomic E-state index is -0.259. The Morgan fingerprint density at radius 2 is 1.71 bits per heavy atom. The molecule has 1 aromatic heterocycles. The molecule has 21 heavy (non-hydrogen) atoms. The molecule has 0 saturated carbocycles. The Morgan fingerprint density at radius 1 is 1.00 bits per heavy atom. The lowest BCUT2D eigenvalue weighted by molar-refractivity contribution is 0.628. The minimum absolute atomic E-state index is 0.259. The molecule has 0 radical (unpaired) electrons. The molecule has 0 spiro atoms. The van der Waals surface area contributed by atoms with Crippen molar-refractivity contribution in [2.45, 2.75) is 6.54 Å². The van der Waals surface area contributed by atoms with E-state index in [1.54, 1.807) is 16.8 Å². The molecule has 0 N–H and O–H groups in total. The van der Waals surface area contributed by atoms with E-state index in [2.05, 4.69) is 11.0 Å². The Labute approximate surface area is 122 Å². The monoisotopic (exact) mass is 276 g/mol. The topological polar surface area (TPSA) is 17.8 Å². The van der Waals surface area contributed by atoms with Crippen molar-refractivity contribution in [3.63, 3.8) is 0 Å². The third-order valence-electron chi connectivity index (χ3n) is 3.23. The average molecular weight is 276 g/mol. The number of hydrogen-bond donors (Lipinski definition) is 0. The van der Waals surface area contributed by atoms with Gasteiger partial charge in [-0.15, -0.1) is 6.42 Å². The van der Waals surface area contributed by atoms with Crippen molar-refractivity contribution in [1.29, 1.82) is 0 Å². The molecule has 0 aliphatic carbocycles. The van der Waals surface area contributed by atoms with Gasteiger partial charge in [0, 0.05) is 11.1 Å². The first-order valence-electron chi connectivity index (χ1n) is 6.60. The average Bonchev–Trinajstić information content (AvgIpc) is 2.93. The summed E-state index contributed by atoms with van der Waals surface area (Å²) in [6.45, 7) is 0.375. The highest BCUT2D eigenvalue weighted by atomic mass is 19.1. The Morgan fingerprint density at radius 3 is 2.38 bits per heavy atom. The molecule has 0 atom stereocenters. The van der Waals surface area contributed by atoms with Crippen LogP contribution in [0.15, 0.2) is 60.7 Å². The van der Waals surface area contributed by atoms with Crippen LogP contribution in [0.5, 0.6) is 0 Å². The van der Waals surface area contributed by atoms with Crippen LogP contribution in [-0.2, 0) is 6.54 Å². The van der Waals surface area contributed by atoms with E-state index in [0.717, 1.165) is 22.5 Å². The summed E-state index contributed by atoms with van der Waals surface area (Å²) in [6.07, 6.45) is 5.41. The molecule has 3 rings (SSSR count). The fraction of sp³-hybridized carbons (Fsp3) is 0.0556. The van der Waals surface area contributed by atoms with Crippen molar-refractivity contribution >= 4 is 0 Å². The third kappa shape index (κ3) is 2.70. The zero-order chi connectivity index (χ0) is 14.7. The highest BCUT2D eigenvalue weighted by molar-refractivity contribution is 5.68. The van der Waals surface area contributed by atoms with Gasteiger partial charge < -0.3 is 0 Å². The number of rotatable bonds is 3. The molecule has 0 amide bonds. The van der Waals surface area contributed by atoms with Crippen LogP contribution in [0, 0.1) is 18.2 Å². The van der Waals surface area contributed by atoms with Gasteiger partial charge in [-0.05, 0) is 30.3 Å². The van der Waals surface area contributed by atoms with Gasteiger partial charge in [0.1, 0.15) is 12.4 Å². The zero-order valence-corrected chi connectivity index (χ0v) is 11.3. The summed E-state index contributed by atoms with van der Waals surface area (Å²) in [7, 11) is 0. The fourth-order valence-electron chi connectivity index (χ4n) is 2.23. The Bertz CT molecular complexity index is 780. The van der Waals surface area contributed by atoms with Crippen LogP contribution >= 0.6 is 0 Å².